The summed E-state index contributed by atoms with van der Waals surface area (Å²) in [6.07, 6.45) is 4.68. The van der Waals surface area contributed by atoms with Gasteiger partial charge in [0.1, 0.15) is 24.0 Å². The minimum absolute atomic E-state index is 0.401. The molecule has 0 saturated carbocycles. The van der Waals surface area contributed by atoms with Crippen LogP contribution in [0.5, 0.6) is 5.75 Å². The summed E-state index contributed by atoms with van der Waals surface area (Å²) in [5.74, 6) is 0.549. The molecule has 1 heterocycles. The first-order valence-corrected chi connectivity index (χ1v) is 3.46. The van der Waals surface area contributed by atoms with Gasteiger partial charge in [-0.15, -0.1) is 0 Å². The Balaban J connectivity index is 2.83. The molecule has 60 valence electrons. The summed E-state index contributed by atoms with van der Waals surface area (Å²) < 4.78 is 5.20. The van der Waals surface area contributed by atoms with Gasteiger partial charge in [-0.05, 0) is 6.07 Å². The van der Waals surface area contributed by atoms with Gasteiger partial charge in [0.2, 0.25) is 0 Å². The first-order valence-electron chi connectivity index (χ1n) is 3.46. The predicted molar refractivity (Wildman–Crippen MR) is 44.6 cm³/mol. The lowest BCUT2D eigenvalue weighted by Gasteiger charge is -2.02. The Kier molecular flexibility index (Phi) is 2.86. The van der Waals surface area contributed by atoms with Crippen LogP contribution in [0, 0.1) is 11.3 Å². The van der Waals surface area contributed by atoms with Gasteiger partial charge in [-0.25, -0.2) is 0 Å². The average Bonchev–Trinajstić information content (AvgIpc) is 2.15. The van der Waals surface area contributed by atoms with Crippen molar-refractivity contribution in [1.29, 1.82) is 5.26 Å². The normalized spacial score (nSPS) is 8.58. The van der Waals surface area contributed by atoms with E-state index in [4.69, 9.17) is 10.00 Å². The lowest BCUT2D eigenvalue weighted by atomic mass is 10.3. The van der Waals surface area contributed by atoms with E-state index in [1.165, 1.54) is 6.20 Å². The van der Waals surface area contributed by atoms with E-state index in [1.807, 2.05) is 6.07 Å². The van der Waals surface area contributed by atoms with Crippen LogP contribution in [0.2, 0.25) is 0 Å². The molecule has 1 aromatic heterocycles. The average molecular weight is 160 g/mol. The molecule has 0 atom stereocenters. The van der Waals surface area contributed by atoms with Crippen LogP contribution in [-0.4, -0.2) is 11.6 Å². The van der Waals surface area contributed by atoms with Crippen LogP contribution in [0.15, 0.2) is 31.1 Å². The van der Waals surface area contributed by atoms with Gasteiger partial charge in [-0.1, -0.05) is 12.7 Å². The third-order valence-electron chi connectivity index (χ3n) is 1.26. The lowest BCUT2D eigenvalue weighted by molar-refractivity contribution is 0.361. The van der Waals surface area contributed by atoms with Crippen LogP contribution < -0.4 is 4.74 Å². The fourth-order valence-electron chi connectivity index (χ4n) is 0.740. The molecule has 12 heavy (non-hydrogen) atoms. The minimum Gasteiger partial charge on any atom is -0.488 e. The van der Waals surface area contributed by atoms with E-state index in [0.29, 0.717) is 17.9 Å². The largest absolute Gasteiger partial charge is 0.488 e. The third kappa shape index (κ3) is 1.83. The first kappa shape index (κ1) is 8.28. The first-order chi connectivity index (χ1) is 5.88. The van der Waals surface area contributed by atoms with Gasteiger partial charge in [-0.3, -0.25) is 4.98 Å². The highest BCUT2D eigenvalue weighted by Gasteiger charge is 1.99. The molecular weight excluding hydrogens is 152 g/mol. The second-order valence-corrected chi connectivity index (χ2v) is 2.08. The molecule has 0 aliphatic rings. The van der Waals surface area contributed by atoms with Crippen molar-refractivity contribution >= 4 is 0 Å². The van der Waals surface area contributed by atoms with Crippen molar-refractivity contribution in [1.82, 2.24) is 4.98 Å². The summed E-state index contributed by atoms with van der Waals surface area (Å²) in [5.41, 5.74) is 0.444. The molecule has 0 saturated heterocycles. The molecule has 0 aromatic carbocycles. The van der Waals surface area contributed by atoms with Gasteiger partial charge in [0.05, 0.1) is 0 Å². The topological polar surface area (TPSA) is 45.9 Å². The number of hydrogen-bond donors (Lipinski definition) is 0. The Labute approximate surface area is 70.9 Å². The van der Waals surface area contributed by atoms with Crippen LogP contribution in [0.25, 0.3) is 0 Å². The van der Waals surface area contributed by atoms with Crippen molar-refractivity contribution in [3.63, 3.8) is 0 Å². The molecule has 0 bridgehead atoms. The van der Waals surface area contributed by atoms with Crippen LogP contribution in [0.3, 0.4) is 0 Å². The van der Waals surface area contributed by atoms with Crippen LogP contribution in [0.1, 0.15) is 5.56 Å². The van der Waals surface area contributed by atoms with E-state index in [9.17, 15) is 0 Å². The number of hydrogen-bond acceptors (Lipinski definition) is 3. The Hall–Kier alpha value is -1.82. The molecule has 0 radical (unpaired) electrons. The summed E-state index contributed by atoms with van der Waals surface area (Å²) in [5, 5.41) is 8.62. The molecule has 0 unspecified atom stereocenters. The molecule has 0 spiro atoms. The lowest BCUT2D eigenvalue weighted by Crippen LogP contribution is -1.95. The van der Waals surface area contributed by atoms with Gasteiger partial charge < -0.3 is 4.74 Å². The maximum Gasteiger partial charge on any atom is 0.140 e. The standard InChI is InChI=1S/C9H8N2O/c1-2-5-12-9-3-4-11-7-8(9)6-10/h2-4,7H,1,5H2. The van der Waals surface area contributed by atoms with Crippen molar-refractivity contribution in [2.75, 3.05) is 6.61 Å². The maximum atomic E-state index is 8.62. The second-order valence-electron chi connectivity index (χ2n) is 2.08. The van der Waals surface area contributed by atoms with Crippen molar-refractivity contribution in [3.8, 4) is 11.8 Å². The highest BCUT2D eigenvalue weighted by molar-refractivity contribution is 5.40. The summed E-state index contributed by atoms with van der Waals surface area (Å²) >= 11 is 0. The summed E-state index contributed by atoms with van der Waals surface area (Å²) in [4.78, 5) is 3.80. The molecule has 0 amide bonds. The number of pyridine rings is 1. The molecule has 3 nitrogen and oxygen atoms in total. The van der Waals surface area contributed by atoms with Crippen LogP contribution >= 0.6 is 0 Å². The zero-order chi connectivity index (χ0) is 8.81. The van der Waals surface area contributed by atoms with E-state index in [0.717, 1.165) is 0 Å². The number of rotatable bonds is 3. The number of ether oxygens (including phenoxy) is 1. The molecular formula is C9H8N2O. The van der Waals surface area contributed by atoms with Gasteiger partial charge in [0.15, 0.2) is 0 Å². The van der Waals surface area contributed by atoms with Gasteiger partial charge >= 0.3 is 0 Å². The summed E-state index contributed by atoms with van der Waals surface area (Å²) in [7, 11) is 0. The monoisotopic (exact) mass is 160 g/mol. The van der Waals surface area contributed by atoms with Crippen LogP contribution in [0.4, 0.5) is 0 Å². The Morgan fingerprint density at radius 2 is 2.58 bits per heavy atom. The van der Waals surface area contributed by atoms with E-state index in [2.05, 4.69) is 11.6 Å². The molecule has 0 aliphatic heterocycles. The highest BCUT2D eigenvalue weighted by atomic mass is 16.5. The Morgan fingerprint density at radius 3 is 3.25 bits per heavy atom. The maximum absolute atomic E-state index is 8.62. The SMILES string of the molecule is C=CCOc1ccncc1C#N. The van der Waals surface area contributed by atoms with Gasteiger partial charge in [0, 0.05) is 12.4 Å². The molecule has 0 fully saturated rings. The molecule has 1 aromatic rings. The van der Waals surface area contributed by atoms with E-state index in [1.54, 1.807) is 18.3 Å². The quantitative estimate of drug-likeness (QED) is 0.630. The highest BCUT2D eigenvalue weighted by Crippen LogP contribution is 2.14. The number of nitrogens with zero attached hydrogens (tertiary/aromatic N) is 2. The number of nitriles is 1. The van der Waals surface area contributed by atoms with Gasteiger partial charge in [0.25, 0.3) is 0 Å². The molecule has 0 aliphatic carbocycles. The van der Waals surface area contributed by atoms with E-state index < -0.39 is 0 Å². The van der Waals surface area contributed by atoms with E-state index >= 15 is 0 Å². The zero-order valence-corrected chi connectivity index (χ0v) is 6.53. The second kappa shape index (κ2) is 4.14. The minimum atomic E-state index is 0.401. The van der Waals surface area contributed by atoms with Crippen molar-refractivity contribution < 1.29 is 4.74 Å². The smallest absolute Gasteiger partial charge is 0.140 e. The molecule has 0 N–H and O–H groups in total. The zero-order valence-electron chi connectivity index (χ0n) is 6.53. The molecule has 1 rings (SSSR count). The molecule has 3 heteroatoms. The Bertz CT molecular complexity index is 315. The van der Waals surface area contributed by atoms with E-state index in [-0.39, 0.29) is 0 Å². The van der Waals surface area contributed by atoms with Crippen molar-refractivity contribution in [2.45, 2.75) is 0 Å². The fraction of sp³-hybridized carbons (Fsp3) is 0.111. The predicted octanol–water partition coefficient (Wildman–Crippen LogP) is 1.52. The van der Waals surface area contributed by atoms with Crippen molar-refractivity contribution in [3.05, 3.63) is 36.7 Å². The van der Waals surface area contributed by atoms with Crippen molar-refractivity contribution in [2.24, 2.45) is 0 Å². The summed E-state index contributed by atoms with van der Waals surface area (Å²) in [6.45, 7) is 3.91. The Morgan fingerprint density at radius 1 is 1.75 bits per heavy atom. The number of aromatic nitrogens is 1. The fourth-order valence-corrected chi connectivity index (χ4v) is 0.740. The van der Waals surface area contributed by atoms with Gasteiger partial charge in [-0.2, -0.15) is 5.26 Å². The third-order valence-corrected chi connectivity index (χ3v) is 1.26. The van der Waals surface area contributed by atoms with Crippen LogP contribution in [-0.2, 0) is 0 Å². The summed E-state index contributed by atoms with van der Waals surface area (Å²) in [6, 6.07) is 3.64.